The summed E-state index contributed by atoms with van der Waals surface area (Å²) in [6.07, 6.45) is 0.549. The number of anilines is 3. The maximum atomic E-state index is 13.6. The maximum Gasteiger partial charge on any atom is 0.511 e. The number of nitrogens with zero attached hydrogens (tertiary/aromatic N) is 2. The van der Waals surface area contributed by atoms with Crippen LogP contribution >= 0.6 is 11.6 Å². The Hall–Kier alpha value is -4.82. The van der Waals surface area contributed by atoms with Gasteiger partial charge in [-0.25, -0.2) is 4.79 Å². The van der Waals surface area contributed by atoms with E-state index in [1.807, 2.05) is 24.3 Å². The van der Waals surface area contributed by atoms with Gasteiger partial charge >= 0.3 is 6.16 Å². The quantitative estimate of drug-likeness (QED) is 0.0985. The van der Waals surface area contributed by atoms with Crippen LogP contribution in [0.2, 0.25) is 5.02 Å². The highest BCUT2D eigenvalue weighted by Crippen LogP contribution is 2.39. The van der Waals surface area contributed by atoms with Gasteiger partial charge in [0, 0.05) is 21.8 Å². The number of halogens is 1. The third kappa shape index (κ3) is 5.28. The van der Waals surface area contributed by atoms with Crippen LogP contribution in [-0.4, -0.2) is 28.0 Å². The molecular formula is C30H24ClN3O5. The van der Waals surface area contributed by atoms with Crippen molar-refractivity contribution < 1.29 is 24.5 Å². The highest BCUT2D eigenvalue weighted by Gasteiger charge is 2.35. The topological polar surface area (TPSA) is 111 Å². The molecule has 4 aromatic carbocycles. The average Bonchev–Trinajstić information content (AvgIpc) is 3.18. The Labute approximate surface area is 229 Å². The van der Waals surface area contributed by atoms with E-state index in [0.717, 1.165) is 12.8 Å². The van der Waals surface area contributed by atoms with Crippen LogP contribution in [0.5, 0.6) is 11.5 Å². The van der Waals surface area contributed by atoms with Crippen molar-refractivity contribution in [2.24, 2.45) is 5.10 Å². The van der Waals surface area contributed by atoms with Crippen LogP contribution in [0.4, 0.5) is 21.9 Å². The molecule has 0 spiro atoms. The molecule has 0 saturated heterocycles. The summed E-state index contributed by atoms with van der Waals surface area (Å²) in [7, 11) is 0. The molecule has 3 N–H and O–H groups in total. The van der Waals surface area contributed by atoms with Gasteiger partial charge in [-0.1, -0.05) is 61.3 Å². The SMILES string of the molecule is CCCc1ccc(N2C(=O)C(=NNc3cccc(-c4cccc(OC(=O)O)c4)c3O)c3cc(Cl)ccc32)cc1. The number of hydrogen-bond donors (Lipinski definition) is 3. The number of carbonyl (C=O) groups is 2. The summed E-state index contributed by atoms with van der Waals surface area (Å²) < 4.78 is 4.73. The van der Waals surface area contributed by atoms with Crippen molar-refractivity contribution in [1.29, 1.82) is 0 Å². The molecule has 0 aliphatic carbocycles. The van der Waals surface area contributed by atoms with Crippen molar-refractivity contribution in [2.75, 3.05) is 10.3 Å². The Morgan fingerprint density at radius 1 is 1.00 bits per heavy atom. The van der Waals surface area contributed by atoms with Gasteiger partial charge in [0.1, 0.15) is 11.5 Å². The number of fused-ring (bicyclic) bond motifs is 1. The van der Waals surface area contributed by atoms with Crippen molar-refractivity contribution in [3.63, 3.8) is 0 Å². The van der Waals surface area contributed by atoms with Crippen LogP contribution < -0.4 is 15.1 Å². The molecule has 9 heteroatoms. The van der Waals surface area contributed by atoms with E-state index < -0.39 is 6.16 Å². The first kappa shape index (κ1) is 25.8. The zero-order chi connectivity index (χ0) is 27.5. The number of nitrogens with one attached hydrogen (secondary N) is 1. The summed E-state index contributed by atoms with van der Waals surface area (Å²) in [5.41, 5.74) is 7.30. The van der Waals surface area contributed by atoms with Crippen molar-refractivity contribution in [2.45, 2.75) is 19.8 Å². The number of hydrogen-bond acceptors (Lipinski definition) is 6. The molecule has 0 fully saturated rings. The minimum absolute atomic E-state index is 0.117. The van der Waals surface area contributed by atoms with Gasteiger partial charge < -0.3 is 14.9 Å². The number of phenolic OH excluding ortho intramolecular Hbond substituents is 1. The normalized spacial score (nSPS) is 13.4. The monoisotopic (exact) mass is 541 g/mol. The van der Waals surface area contributed by atoms with Crippen molar-refractivity contribution in [1.82, 2.24) is 0 Å². The van der Waals surface area contributed by atoms with Gasteiger partial charge in [0.15, 0.2) is 5.71 Å². The second-order valence-electron chi connectivity index (χ2n) is 8.89. The summed E-state index contributed by atoms with van der Waals surface area (Å²) in [5, 5.41) is 24.7. The van der Waals surface area contributed by atoms with Crippen LogP contribution in [0.1, 0.15) is 24.5 Å². The Morgan fingerprint density at radius 2 is 1.77 bits per heavy atom. The van der Waals surface area contributed by atoms with Crippen molar-refractivity contribution in [3.8, 4) is 22.6 Å². The Morgan fingerprint density at radius 3 is 2.51 bits per heavy atom. The van der Waals surface area contributed by atoms with Crippen LogP contribution in [0.3, 0.4) is 0 Å². The molecule has 0 aromatic heterocycles. The number of ether oxygens (including phenoxy) is 1. The van der Waals surface area contributed by atoms with Gasteiger partial charge in [0.25, 0.3) is 5.91 Å². The first-order valence-corrected chi connectivity index (χ1v) is 12.6. The molecule has 8 nitrogen and oxygen atoms in total. The number of carbonyl (C=O) groups excluding carboxylic acids is 1. The molecule has 1 heterocycles. The highest BCUT2D eigenvalue weighted by atomic mass is 35.5. The lowest BCUT2D eigenvalue weighted by atomic mass is 10.0. The molecule has 0 unspecified atom stereocenters. The Kier molecular flexibility index (Phi) is 7.21. The predicted molar refractivity (Wildman–Crippen MR) is 151 cm³/mol. The van der Waals surface area contributed by atoms with Gasteiger partial charge in [0.05, 0.1) is 11.4 Å². The zero-order valence-corrected chi connectivity index (χ0v) is 21.6. The first-order valence-electron chi connectivity index (χ1n) is 12.3. The first-order chi connectivity index (χ1) is 18.9. The zero-order valence-electron chi connectivity index (χ0n) is 20.9. The van der Waals surface area contributed by atoms with E-state index in [2.05, 4.69) is 17.5 Å². The van der Waals surface area contributed by atoms with E-state index >= 15 is 0 Å². The molecule has 0 saturated carbocycles. The number of para-hydroxylation sites is 1. The number of carboxylic acid groups (broad SMARTS) is 1. The number of benzene rings is 4. The molecule has 196 valence electrons. The fourth-order valence-electron chi connectivity index (χ4n) is 4.50. The van der Waals surface area contributed by atoms with Gasteiger partial charge in [-0.2, -0.15) is 5.10 Å². The molecule has 4 aromatic rings. The van der Waals surface area contributed by atoms with Crippen LogP contribution in [0.15, 0.2) is 90.0 Å². The van der Waals surface area contributed by atoms with E-state index in [4.69, 9.17) is 21.4 Å². The molecule has 1 aliphatic heterocycles. The molecule has 0 bridgehead atoms. The molecule has 1 amide bonds. The second-order valence-corrected chi connectivity index (χ2v) is 9.32. The third-order valence-electron chi connectivity index (χ3n) is 6.27. The van der Waals surface area contributed by atoms with E-state index in [1.165, 1.54) is 17.7 Å². The van der Waals surface area contributed by atoms with Crippen molar-refractivity contribution >= 4 is 46.4 Å². The third-order valence-corrected chi connectivity index (χ3v) is 6.50. The Balaban J connectivity index is 1.48. The molecular weight excluding hydrogens is 518 g/mol. The second kappa shape index (κ2) is 10.9. The fraction of sp³-hybridized carbons (Fsp3) is 0.100. The lowest BCUT2D eigenvalue weighted by molar-refractivity contribution is -0.111. The van der Waals surface area contributed by atoms with Gasteiger partial charge in [-0.3, -0.25) is 15.1 Å². The molecule has 1 aliphatic rings. The van der Waals surface area contributed by atoms with Crippen LogP contribution in [-0.2, 0) is 11.2 Å². The van der Waals surface area contributed by atoms with E-state index in [0.29, 0.717) is 33.1 Å². The average molecular weight is 542 g/mol. The maximum absolute atomic E-state index is 13.6. The Bertz CT molecular complexity index is 1600. The number of amides is 1. The summed E-state index contributed by atoms with van der Waals surface area (Å²) in [6, 6.07) is 24.4. The number of hydrazone groups is 1. The van der Waals surface area contributed by atoms with E-state index in [9.17, 15) is 14.7 Å². The lowest BCUT2D eigenvalue weighted by Gasteiger charge is -2.17. The summed E-state index contributed by atoms with van der Waals surface area (Å²) in [6.45, 7) is 2.12. The minimum atomic E-state index is -1.44. The fourth-order valence-corrected chi connectivity index (χ4v) is 4.67. The smallest absolute Gasteiger partial charge is 0.505 e. The van der Waals surface area contributed by atoms with E-state index in [-0.39, 0.29) is 28.8 Å². The standard InChI is InChI=1S/C30H24ClN3O5/c1-2-5-18-10-13-21(14-11-18)34-26-15-12-20(31)17-24(26)27(29(34)36)33-32-25-9-4-8-23(28(25)35)19-6-3-7-22(16-19)39-30(37)38/h3-4,6-17,32,35H,2,5H2,1H3,(H,37,38). The van der Waals surface area contributed by atoms with Crippen LogP contribution in [0.25, 0.3) is 11.1 Å². The summed E-state index contributed by atoms with van der Waals surface area (Å²) in [4.78, 5) is 26.1. The van der Waals surface area contributed by atoms with E-state index in [1.54, 1.807) is 53.4 Å². The van der Waals surface area contributed by atoms with Gasteiger partial charge in [-0.15, -0.1) is 0 Å². The number of aryl methyl sites for hydroxylation is 1. The lowest BCUT2D eigenvalue weighted by Crippen LogP contribution is -2.26. The van der Waals surface area contributed by atoms with Gasteiger partial charge in [0.2, 0.25) is 0 Å². The number of rotatable bonds is 7. The molecule has 5 rings (SSSR count). The van der Waals surface area contributed by atoms with Crippen LogP contribution in [0, 0.1) is 0 Å². The minimum Gasteiger partial charge on any atom is -0.505 e. The van der Waals surface area contributed by atoms with Crippen molar-refractivity contribution in [3.05, 3.63) is 101 Å². The highest BCUT2D eigenvalue weighted by molar-refractivity contribution is 6.56. The molecule has 0 radical (unpaired) electrons. The number of phenols is 1. The summed E-state index contributed by atoms with van der Waals surface area (Å²) >= 11 is 6.27. The largest absolute Gasteiger partial charge is 0.511 e. The molecule has 0 atom stereocenters. The molecule has 39 heavy (non-hydrogen) atoms. The number of aromatic hydroxyl groups is 1. The predicted octanol–water partition coefficient (Wildman–Crippen LogP) is 7.22. The van der Waals surface area contributed by atoms with Gasteiger partial charge in [-0.05, 0) is 66.1 Å². The summed E-state index contributed by atoms with van der Waals surface area (Å²) in [5.74, 6) is -0.350.